The molecule has 118 valence electrons. The summed E-state index contributed by atoms with van der Waals surface area (Å²) in [6.45, 7) is 0.753. The van der Waals surface area contributed by atoms with Gasteiger partial charge < -0.3 is 15.4 Å². The highest BCUT2D eigenvalue weighted by Gasteiger charge is 2.02. The van der Waals surface area contributed by atoms with Gasteiger partial charge in [0.15, 0.2) is 0 Å². The van der Waals surface area contributed by atoms with Gasteiger partial charge in [0.2, 0.25) is 5.91 Å². The van der Waals surface area contributed by atoms with E-state index in [2.05, 4.69) is 16.7 Å². The van der Waals surface area contributed by atoms with Crippen molar-refractivity contribution < 1.29 is 9.53 Å². The number of rotatable bonds is 7. The summed E-state index contributed by atoms with van der Waals surface area (Å²) >= 11 is 0. The molecular formula is C18H19N3O2. The summed E-state index contributed by atoms with van der Waals surface area (Å²) in [6.07, 6.45) is 0.764. The lowest BCUT2D eigenvalue weighted by Gasteiger charge is -2.08. The van der Waals surface area contributed by atoms with Crippen LogP contribution in [-0.2, 0) is 11.2 Å². The summed E-state index contributed by atoms with van der Waals surface area (Å²) in [6, 6.07) is 16.9. The molecule has 0 aliphatic carbocycles. The van der Waals surface area contributed by atoms with Crippen LogP contribution >= 0.6 is 0 Å². The summed E-state index contributed by atoms with van der Waals surface area (Å²) in [5, 5.41) is 14.7. The van der Waals surface area contributed by atoms with Crippen molar-refractivity contribution in [3.8, 4) is 11.8 Å². The highest BCUT2D eigenvalue weighted by molar-refractivity contribution is 5.80. The molecule has 0 unspecified atom stereocenters. The minimum atomic E-state index is -0.0825. The average molecular weight is 309 g/mol. The third kappa shape index (κ3) is 5.36. The first-order chi connectivity index (χ1) is 11.2. The van der Waals surface area contributed by atoms with Crippen molar-refractivity contribution in [2.75, 3.05) is 25.5 Å². The van der Waals surface area contributed by atoms with Crippen LogP contribution in [0.3, 0.4) is 0 Å². The van der Waals surface area contributed by atoms with E-state index in [4.69, 9.17) is 10.00 Å². The maximum Gasteiger partial charge on any atom is 0.239 e. The molecule has 0 aliphatic heterocycles. The standard InChI is InChI=1S/C18H19N3O2/c1-23-17-7-5-14(6-8-17)9-10-20-18(22)13-21-16-4-2-3-15(11-16)12-19/h2-8,11,21H,9-10,13H2,1H3,(H,20,22). The highest BCUT2D eigenvalue weighted by Crippen LogP contribution is 2.11. The van der Waals surface area contributed by atoms with Crippen LogP contribution in [0.5, 0.6) is 5.75 Å². The lowest BCUT2D eigenvalue weighted by molar-refractivity contribution is -0.119. The molecule has 0 saturated carbocycles. The number of nitriles is 1. The van der Waals surface area contributed by atoms with Crippen molar-refractivity contribution in [1.29, 1.82) is 5.26 Å². The molecule has 2 aromatic carbocycles. The van der Waals surface area contributed by atoms with Gasteiger partial charge in [-0.15, -0.1) is 0 Å². The van der Waals surface area contributed by atoms with Crippen molar-refractivity contribution in [3.63, 3.8) is 0 Å². The van der Waals surface area contributed by atoms with Crippen molar-refractivity contribution in [2.45, 2.75) is 6.42 Å². The molecule has 2 aromatic rings. The lowest BCUT2D eigenvalue weighted by atomic mass is 10.1. The van der Waals surface area contributed by atoms with E-state index in [1.165, 1.54) is 0 Å². The minimum absolute atomic E-state index is 0.0825. The monoisotopic (exact) mass is 309 g/mol. The van der Waals surface area contributed by atoms with E-state index in [0.717, 1.165) is 23.4 Å². The van der Waals surface area contributed by atoms with E-state index in [-0.39, 0.29) is 12.5 Å². The van der Waals surface area contributed by atoms with Crippen LogP contribution in [0.2, 0.25) is 0 Å². The molecule has 0 bridgehead atoms. The zero-order valence-corrected chi connectivity index (χ0v) is 13.0. The van der Waals surface area contributed by atoms with Crippen LogP contribution in [-0.4, -0.2) is 26.1 Å². The summed E-state index contributed by atoms with van der Waals surface area (Å²) in [4.78, 5) is 11.8. The van der Waals surface area contributed by atoms with Crippen molar-refractivity contribution in [2.24, 2.45) is 0 Å². The Bertz CT molecular complexity index is 690. The number of nitrogens with one attached hydrogen (secondary N) is 2. The minimum Gasteiger partial charge on any atom is -0.497 e. The lowest BCUT2D eigenvalue weighted by Crippen LogP contribution is -2.31. The van der Waals surface area contributed by atoms with Gasteiger partial charge in [0, 0.05) is 12.2 Å². The third-order valence-corrected chi connectivity index (χ3v) is 3.34. The molecule has 0 fully saturated rings. The zero-order valence-electron chi connectivity index (χ0n) is 13.0. The van der Waals surface area contributed by atoms with Gasteiger partial charge in [0.1, 0.15) is 5.75 Å². The molecule has 23 heavy (non-hydrogen) atoms. The number of anilines is 1. The number of nitrogens with zero attached hydrogens (tertiary/aromatic N) is 1. The molecule has 0 saturated heterocycles. The van der Waals surface area contributed by atoms with Crippen LogP contribution in [0.1, 0.15) is 11.1 Å². The molecule has 1 amide bonds. The number of carbonyl (C=O) groups is 1. The Balaban J connectivity index is 1.71. The van der Waals surface area contributed by atoms with Gasteiger partial charge in [-0.2, -0.15) is 5.26 Å². The number of ether oxygens (including phenoxy) is 1. The highest BCUT2D eigenvalue weighted by atomic mass is 16.5. The van der Waals surface area contributed by atoms with Gasteiger partial charge in [0.05, 0.1) is 25.3 Å². The number of methoxy groups -OCH3 is 1. The third-order valence-electron chi connectivity index (χ3n) is 3.34. The van der Waals surface area contributed by atoms with Crippen molar-refractivity contribution in [3.05, 3.63) is 59.7 Å². The molecule has 2 rings (SSSR count). The Morgan fingerprint density at radius 1 is 1.22 bits per heavy atom. The summed E-state index contributed by atoms with van der Waals surface area (Å²) < 4.78 is 5.10. The molecule has 2 N–H and O–H groups in total. The molecule has 0 atom stereocenters. The molecule has 0 aromatic heterocycles. The van der Waals surface area contributed by atoms with E-state index in [9.17, 15) is 4.79 Å². The first-order valence-electron chi connectivity index (χ1n) is 7.35. The molecule has 5 nitrogen and oxygen atoms in total. The van der Waals surface area contributed by atoms with Gasteiger partial charge in [-0.25, -0.2) is 0 Å². The Kier molecular flexibility index (Phi) is 6.01. The normalized spacial score (nSPS) is 9.74. The summed E-state index contributed by atoms with van der Waals surface area (Å²) in [5.74, 6) is 0.738. The number of carbonyl (C=O) groups excluding carboxylic acids is 1. The van der Waals surface area contributed by atoms with E-state index in [1.807, 2.05) is 30.3 Å². The fourth-order valence-electron chi connectivity index (χ4n) is 2.08. The molecule has 5 heteroatoms. The van der Waals surface area contributed by atoms with E-state index < -0.39 is 0 Å². The van der Waals surface area contributed by atoms with Gasteiger partial charge in [-0.3, -0.25) is 4.79 Å². The second-order valence-electron chi connectivity index (χ2n) is 4.99. The fourth-order valence-corrected chi connectivity index (χ4v) is 2.08. The van der Waals surface area contributed by atoms with Gasteiger partial charge >= 0.3 is 0 Å². The Morgan fingerprint density at radius 3 is 2.70 bits per heavy atom. The Labute approximate surface area is 135 Å². The van der Waals surface area contributed by atoms with Crippen molar-refractivity contribution >= 4 is 11.6 Å². The first-order valence-corrected chi connectivity index (χ1v) is 7.35. The number of hydrogen-bond acceptors (Lipinski definition) is 4. The van der Waals surface area contributed by atoms with Crippen LogP contribution in [0, 0.1) is 11.3 Å². The summed E-state index contributed by atoms with van der Waals surface area (Å²) in [5.41, 5.74) is 2.46. The summed E-state index contributed by atoms with van der Waals surface area (Å²) in [7, 11) is 1.63. The first kappa shape index (κ1) is 16.4. The van der Waals surface area contributed by atoms with Crippen molar-refractivity contribution in [1.82, 2.24) is 5.32 Å². The topological polar surface area (TPSA) is 74.2 Å². The largest absolute Gasteiger partial charge is 0.497 e. The predicted octanol–water partition coefficient (Wildman–Crippen LogP) is 2.34. The number of benzene rings is 2. The Morgan fingerprint density at radius 2 is 2.00 bits per heavy atom. The molecule has 0 heterocycles. The van der Waals surface area contributed by atoms with Crippen LogP contribution < -0.4 is 15.4 Å². The molecule has 0 aliphatic rings. The van der Waals surface area contributed by atoms with Gasteiger partial charge in [-0.05, 0) is 42.3 Å². The van der Waals surface area contributed by atoms with Gasteiger partial charge in [-0.1, -0.05) is 18.2 Å². The van der Waals surface area contributed by atoms with Crippen LogP contribution in [0.15, 0.2) is 48.5 Å². The number of hydrogen-bond donors (Lipinski definition) is 2. The SMILES string of the molecule is COc1ccc(CCNC(=O)CNc2cccc(C#N)c2)cc1. The smallest absolute Gasteiger partial charge is 0.239 e. The molecule has 0 radical (unpaired) electrons. The Hall–Kier alpha value is -3.00. The number of amides is 1. The quantitative estimate of drug-likeness (QED) is 0.823. The maximum atomic E-state index is 11.8. The molecular weight excluding hydrogens is 290 g/mol. The molecule has 0 spiro atoms. The fraction of sp³-hybridized carbons (Fsp3) is 0.222. The van der Waals surface area contributed by atoms with Crippen LogP contribution in [0.25, 0.3) is 0 Å². The maximum absolute atomic E-state index is 11.8. The van der Waals surface area contributed by atoms with E-state index in [0.29, 0.717) is 12.1 Å². The van der Waals surface area contributed by atoms with Crippen LogP contribution in [0.4, 0.5) is 5.69 Å². The van der Waals surface area contributed by atoms with E-state index >= 15 is 0 Å². The van der Waals surface area contributed by atoms with Gasteiger partial charge in [0.25, 0.3) is 0 Å². The second kappa shape index (κ2) is 8.44. The predicted molar refractivity (Wildman–Crippen MR) is 89.4 cm³/mol. The average Bonchev–Trinajstić information content (AvgIpc) is 2.61. The van der Waals surface area contributed by atoms with E-state index in [1.54, 1.807) is 25.3 Å². The second-order valence-corrected chi connectivity index (χ2v) is 4.99. The zero-order chi connectivity index (χ0) is 16.5.